The zero-order valence-electron chi connectivity index (χ0n) is 10.4. The zero-order valence-corrected chi connectivity index (χ0v) is 11.3. The number of benzene rings is 1. The quantitative estimate of drug-likeness (QED) is 0.774. The molecule has 2 rings (SSSR count). The van der Waals surface area contributed by atoms with E-state index >= 15 is 0 Å². The van der Waals surface area contributed by atoms with Crippen LogP contribution in [0.2, 0.25) is 0 Å². The Morgan fingerprint density at radius 3 is 2.67 bits per heavy atom. The number of hydrogen-bond acceptors (Lipinski definition) is 5. The Hall–Kier alpha value is -2.52. The average molecular weight is 311 g/mol. The number of nitrogens with zero attached hydrogens (tertiary/aromatic N) is 1. The second-order valence-electron chi connectivity index (χ2n) is 4.03. The molecule has 0 saturated carbocycles. The molecule has 110 valence electrons. The molecule has 0 saturated heterocycles. The first kappa shape index (κ1) is 14.9. The third kappa shape index (κ3) is 3.33. The van der Waals surface area contributed by atoms with Crippen molar-refractivity contribution >= 4 is 21.6 Å². The SMILES string of the molecule is NS(=O)(=O)c1ccc(F)c(NC(=O)c2ccncc2O)c1. The van der Waals surface area contributed by atoms with E-state index in [-0.39, 0.29) is 16.1 Å². The maximum Gasteiger partial charge on any atom is 0.259 e. The summed E-state index contributed by atoms with van der Waals surface area (Å²) >= 11 is 0. The van der Waals surface area contributed by atoms with E-state index in [1.165, 1.54) is 12.3 Å². The minimum atomic E-state index is -4.03. The van der Waals surface area contributed by atoms with Crippen molar-refractivity contribution < 1.29 is 22.7 Å². The second-order valence-corrected chi connectivity index (χ2v) is 5.60. The van der Waals surface area contributed by atoms with Crippen LogP contribution in [0.5, 0.6) is 5.75 Å². The molecule has 2 aromatic rings. The van der Waals surface area contributed by atoms with Gasteiger partial charge in [0.15, 0.2) is 0 Å². The molecule has 7 nitrogen and oxygen atoms in total. The van der Waals surface area contributed by atoms with Crippen LogP contribution >= 0.6 is 0 Å². The second kappa shape index (κ2) is 5.46. The summed E-state index contributed by atoms with van der Waals surface area (Å²) in [5.41, 5.74) is -0.506. The summed E-state index contributed by atoms with van der Waals surface area (Å²) in [6.07, 6.45) is 2.32. The molecule has 1 aromatic heterocycles. The number of nitrogens with one attached hydrogen (secondary N) is 1. The minimum absolute atomic E-state index is 0.134. The van der Waals surface area contributed by atoms with Gasteiger partial charge in [0.25, 0.3) is 5.91 Å². The lowest BCUT2D eigenvalue weighted by Gasteiger charge is -2.08. The van der Waals surface area contributed by atoms with Crippen molar-refractivity contribution in [1.29, 1.82) is 0 Å². The molecule has 0 unspecified atom stereocenters. The molecule has 21 heavy (non-hydrogen) atoms. The van der Waals surface area contributed by atoms with Crippen molar-refractivity contribution in [2.24, 2.45) is 5.14 Å². The summed E-state index contributed by atoms with van der Waals surface area (Å²) in [5, 5.41) is 16.6. The van der Waals surface area contributed by atoms with Crippen LogP contribution in [0.25, 0.3) is 0 Å². The van der Waals surface area contributed by atoms with Crippen molar-refractivity contribution in [3.63, 3.8) is 0 Å². The topological polar surface area (TPSA) is 122 Å². The molecular formula is C12H10FN3O4S. The molecule has 9 heteroatoms. The fourth-order valence-electron chi connectivity index (χ4n) is 1.54. The number of aromatic hydroxyl groups is 1. The fraction of sp³-hybridized carbons (Fsp3) is 0. The van der Waals surface area contributed by atoms with Crippen LogP contribution in [0.15, 0.2) is 41.6 Å². The summed E-state index contributed by atoms with van der Waals surface area (Å²) in [6.45, 7) is 0. The van der Waals surface area contributed by atoms with Gasteiger partial charge in [-0.3, -0.25) is 9.78 Å². The van der Waals surface area contributed by atoms with E-state index < -0.39 is 27.5 Å². The normalized spacial score (nSPS) is 11.1. The third-order valence-corrected chi connectivity index (χ3v) is 3.47. The molecule has 4 N–H and O–H groups in total. The number of sulfonamides is 1. The highest BCUT2D eigenvalue weighted by molar-refractivity contribution is 7.89. The molecule has 1 amide bonds. The van der Waals surface area contributed by atoms with Crippen molar-refractivity contribution in [2.45, 2.75) is 4.90 Å². The predicted molar refractivity (Wildman–Crippen MR) is 71.6 cm³/mol. The van der Waals surface area contributed by atoms with Gasteiger partial charge in [0.1, 0.15) is 11.6 Å². The van der Waals surface area contributed by atoms with Crippen molar-refractivity contribution in [1.82, 2.24) is 4.98 Å². The highest BCUT2D eigenvalue weighted by Crippen LogP contribution is 2.21. The molecular weight excluding hydrogens is 301 g/mol. The van der Waals surface area contributed by atoms with E-state index in [1.807, 2.05) is 0 Å². The van der Waals surface area contributed by atoms with Crippen LogP contribution in [-0.2, 0) is 10.0 Å². The smallest absolute Gasteiger partial charge is 0.259 e. The zero-order chi connectivity index (χ0) is 15.6. The first-order chi connectivity index (χ1) is 9.79. The van der Waals surface area contributed by atoms with E-state index in [2.05, 4.69) is 10.3 Å². The van der Waals surface area contributed by atoms with Crippen LogP contribution in [0.4, 0.5) is 10.1 Å². The Kier molecular flexibility index (Phi) is 3.87. The van der Waals surface area contributed by atoms with Crippen LogP contribution in [0, 0.1) is 5.82 Å². The summed E-state index contributed by atoms with van der Waals surface area (Å²) in [7, 11) is -4.03. The van der Waals surface area contributed by atoms with Gasteiger partial charge in [-0.05, 0) is 24.3 Å². The standard InChI is InChI=1S/C12H10FN3O4S/c13-9-2-1-7(21(14,19)20)5-10(9)16-12(18)8-3-4-15-6-11(8)17/h1-6,17H,(H,16,18)(H2,14,19,20). The van der Waals surface area contributed by atoms with Gasteiger partial charge in [-0.1, -0.05) is 0 Å². The minimum Gasteiger partial charge on any atom is -0.505 e. The third-order valence-electron chi connectivity index (χ3n) is 2.56. The monoisotopic (exact) mass is 311 g/mol. The molecule has 0 fully saturated rings. The number of pyridine rings is 1. The van der Waals surface area contributed by atoms with Crippen LogP contribution < -0.4 is 10.5 Å². The molecule has 1 heterocycles. The first-order valence-corrected chi connectivity index (χ1v) is 7.10. The number of anilines is 1. The van der Waals surface area contributed by atoms with Crippen LogP contribution in [0.1, 0.15) is 10.4 Å². The Morgan fingerprint density at radius 1 is 1.33 bits per heavy atom. The number of hydrogen-bond donors (Lipinski definition) is 3. The molecule has 0 bridgehead atoms. The maximum atomic E-state index is 13.6. The van der Waals surface area contributed by atoms with Gasteiger partial charge in [-0.2, -0.15) is 0 Å². The number of amides is 1. The number of primary sulfonamides is 1. The average Bonchev–Trinajstić information content (AvgIpc) is 2.40. The lowest BCUT2D eigenvalue weighted by atomic mass is 10.2. The van der Waals surface area contributed by atoms with E-state index in [1.54, 1.807) is 0 Å². The summed E-state index contributed by atoms with van der Waals surface area (Å²) in [6, 6.07) is 3.96. The molecule has 0 radical (unpaired) electrons. The van der Waals surface area contributed by atoms with Crippen molar-refractivity contribution in [3.05, 3.63) is 48.0 Å². The van der Waals surface area contributed by atoms with Gasteiger partial charge in [0, 0.05) is 6.20 Å². The molecule has 0 atom stereocenters. The molecule has 1 aromatic carbocycles. The van der Waals surface area contributed by atoms with Gasteiger partial charge >= 0.3 is 0 Å². The summed E-state index contributed by atoms with van der Waals surface area (Å²) in [5.74, 6) is -2.05. The Morgan fingerprint density at radius 2 is 2.05 bits per heavy atom. The van der Waals surface area contributed by atoms with Gasteiger partial charge in [-0.25, -0.2) is 17.9 Å². The highest BCUT2D eigenvalue weighted by atomic mass is 32.2. The first-order valence-electron chi connectivity index (χ1n) is 5.55. The Balaban J connectivity index is 2.36. The molecule has 0 aliphatic rings. The lowest BCUT2D eigenvalue weighted by molar-refractivity contribution is 0.102. The lowest BCUT2D eigenvalue weighted by Crippen LogP contribution is -2.16. The largest absolute Gasteiger partial charge is 0.505 e. The Bertz CT molecular complexity index is 808. The number of rotatable bonds is 3. The Labute approximate surface area is 119 Å². The van der Waals surface area contributed by atoms with E-state index in [4.69, 9.17) is 5.14 Å². The van der Waals surface area contributed by atoms with Crippen LogP contribution in [-0.4, -0.2) is 24.4 Å². The number of nitrogens with two attached hydrogens (primary N) is 1. The van der Waals surface area contributed by atoms with E-state index in [0.29, 0.717) is 0 Å². The summed E-state index contributed by atoms with van der Waals surface area (Å²) in [4.78, 5) is 15.2. The van der Waals surface area contributed by atoms with Crippen molar-refractivity contribution in [2.75, 3.05) is 5.32 Å². The van der Waals surface area contributed by atoms with Crippen molar-refractivity contribution in [3.8, 4) is 5.75 Å². The summed E-state index contributed by atoms with van der Waals surface area (Å²) < 4.78 is 36.0. The molecule has 0 aliphatic heterocycles. The van der Waals surface area contributed by atoms with Gasteiger partial charge in [0.05, 0.1) is 22.3 Å². The highest BCUT2D eigenvalue weighted by Gasteiger charge is 2.16. The van der Waals surface area contributed by atoms with Gasteiger partial charge in [0.2, 0.25) is 10.0 Å². The predicted octanol–water partition coefficient (Wildman–Crippen LogP) is 0.826. The molecule has 0 spiro atoms. The fourth-order valence-corrected chi connectivity index (χ4v) is 2.08. The van der Waals surface area contributed by atoms with Gasteiger partial charge < -0.3 is 10.4 Å². The number of halogens is 1. The van der Waals surface area contributed by atoms with E-state index in [9.17, 15) is 22.7 Å². The number of carbonyl (C=O) groups is 1. The maximum absolute atomic E-state index is 13.6. The number of aromatic nitrogens is 1. The van der Waals surface area contributed by atoms with Gasteiger partial charge in [-0.15, -0.1) is 0 Å². The number of carbonyl (C=O) groups excluding carboxylic acids is 1. The van der Waals surface area contributed by atoms with E-state index in [0.717, 1.165) is 24.4 Å². The van der Waals surface area contributed by atoms with Crippen LogP contribution in [0.3, 0.4) is 0 Å². The molecule has 0 aliphatic carbocycles.